The molecule has 0 saturated heterocycles. The second kappa shape index (κ2) is 11.2. The van der Waals surface area contributed by atoms with E-state index in [2.05, 4.69) is 10.6 Å². The number of hydrogen-bond acceptors (Lipinski definition) is 8. The molecule has 0 radical (unpaired) electrons. The van der Waals surface area contributed by atoms with E-state index in [0.717, 1.165) is 36.4 Å². The van der Waals surface area contributed by atoms with Crippen molar-refractivity contribution < 1.29 is 42.2 Å². The van der Waals surface area contributed by atoms with Gasteiger partial charge >= 0.3 is 0 Å². The summed E-state index contributed by atoms with van der Waals surface area (Å²) in [6.07, 6.45) is 0. The van der Waals surface area contributed by atoms with Gasteiger partial charge in [-0.1, -0.05) is 0 Å². The Hall–Kier alpha value is -4.94. The molecule has 0 saturated carbocycles. The summed E-state index contributed by atoms with van der Waals surface area (Å²) < 4.78 is 49.7. The van der Waals surface area contributed by atoms with E-state index >= 15 is 0 Å². The molecular formula is C24H19F2N3O8. The standard InChI is InChI=1S/C24H19F2N3O8/c25-14-1-4-19-17(9-14)27-23(30)12-36-21-6-3-16(29(32)33)11-22(21)37-13-24(31)28-18-10-15(26)2-5-20(18)35-8-7-34-19/h1-6,9-11H,7-8,12-13H2,(H,27,30)(H,28,31). The third-order valence-corrected chi connectivity index (χ3v) is 4.89. The summed E-state index contributed by atoms with van der Waals surface area (Å²) in [6.45, 7) is -1.29. The quantitative estimate of drug-likeness (QED) is 0.370. The van der Waals surface area contributed by atoms with E-state index in [-0.39, 0.29) is 53.3 Å². The fourth-order valence-corrected chi connectivity index (χ4v) is 3.26. The largest absolute Gasteiger partial charge is 0.488 e. The molecule has 0 aromatic heterocycles. The van der Waals surface area contributed by atoms with E-state index in [1.807, 2.05) is 0 Å². The van der Waals surface area contributed by atoms with Crippen molar-refractivity contribution in [1.82, 2.24) is 0 Å². The number of carbonyl (C=O) groups is 2. The fraction of sp³-hybridized carbons (Fsp3) is 0.167. The molecule has 1 aliphatic rings. The minimum absolute atomic E-state index is 0.0139. The summed E-state index contributed by atoms with van der Waals surface area (Å²) in [5.41, 5.74) is -0.304. The van der Waals surface area contributed by atoms with Crippen LogP contribution in [0.5, 0.6) is 23.0 Å². The topological polar surface area (TPSA) is 138 Å². The van der Waals surface area contributed by atoms with Crippen LogP contribution in [-0.2, 0) is 9.59 Å². The van der Waals surface area contributed by atoms with Gasteiger partial charge in [0.15, 0.2) is 24.7 Å². The van der Waals surface area contributed by atoms with Crippen molar-refractivity contribution >= 4 is 28.9 Å². The second-order valence-corrected chi connectivity index (χ2v) is 7.54. The molecule has 0 atom stereocenters. The fourth-order valence-electron chi connectivity index (χ4n) is 3.26. The maximum atomic E-state index is 13.8. The Labute approximate surface area is 208 Å². The van der Waals surface area contributed by atoms with Crippen molar-refractivity contribution in [2.24, 2.45) is 0 Å². The van der Waals surface area contributed by atoms with Crippen molar-refractivity contribution in [1.29, 1.82) is 0 Å². The van der Waals surface area contributed by atoms with Crippen molar-refractivity contribution in [2.75, 3.05) is 37.1 Å². The molecule has 4 rings (SSSR count). The lowest BCUT2D eigenvalue weighted by atomic mass is 10.2. The summed E-state index contributed by atoms with van der Waals surface area (Å²) in [4.78, 5) is 35.5. The molecule has 0 aliphatic carbocycles. The molecule has 192 valence electrons. The molecule has 37 heavy (non-hydrogen) atoms. The molecule has 13 heteroatoms. The lowest BCUT2D eigenvalue weighted by Gasteiger charge is -2.17. The number of anilines is 2. The first-order chi connectivity index (χ1) is 17.8. The first-order valence-electron chi connectivity index (χ1n) is 10.8. The van der Waals surface area contributed by atoms with E-state index in [4.69, 9.17) is 18.9 Å². The highest BCUT2D eigenvalue weighted by Crippen LogP contribution is 2.32. The average Bonchev–Trinajstić information content (AvgIpc) is 2.86. The minimum Gasteiger partial charge on any atom is -0.488 e. The molecule has 0 bridgehead atoms. The summed E-state index contributed by atoms with van der Waals surface area (Å²) in [5.74, 6) is -2.66. The molecule has 0 fully saturated rings. The van der Waals surface area contributed by atoms with Crippen LogP contribution in [0.1, 0.15) is 0 Å². The molecule has 2 amide bonds. The van der Waals surface area contributed by atoms with E-state index in [0.29, 0.717) is 0 Å². The zero-order valence-electron chi connectivity index (χ0n) is 19.0. The van der Waals surface area contributed by atoms with Crippen molar-refractivity contribution in [3.63, 3.8) is 0 Å². The van der Waals surface area contributed by atoms with Gasteiger partial charge < -0.3 is 29.6 Å². The van der Waals surface area contributed by atoms with Gasteiger partial charge in [0, 0.05) is 18.2 Å². The molecule has 1 heterocycles. The van der Waals surface area contributed by atoms with Crippen LogP contribution in [0.3, 0.4) is 0 Å². The van der Waals surface area contributed by atoms with Crippen LogP contribution in [0.15, 0.2) is 54.6 Å². The zero-order chi connectivity index (χ0) is 26.4. The summed E-state index contributed by atoms with van der Waals surface area (Å²) in [6, 6.07) is 10.3. The predicted octanol–water partition coefficient (Wildman–Crippen LogP) is 3.68. The van der Waals surface area contributed by atoms with Gasteiger partial charge in [-0.15, -0.1) is 0 Å². The molecule has 11 nitrogen and oxygen atoms in total. The number of fused-ring (bicyclic) bond motifs is 3. The van der Waals surface area contributed by atoms with Gasteiger partial charge in [0.25, 0.3) is 17.5 Å². The molecule has 2 N–H and O–H groups in total. The van der Waals surface area contributed by atoms with Crippen molar-refractivity contribution in [2.45, 2.75) is 0 Å². The number of ether oxygens (including phenoxy) is 4. The molecule has 1 aliphatic heterocycles. The summed E-state index contributed by atoms with van der Waals surface area (Å²) in [5, 5.41) is 16.1. The number of hydrogen-bond donors (Lipinski definition) is 2. The van der Waals surface area contributed by atoms with Crippen LogP contribution in [0.25, 0.3) is 0 Å². The van der Waals surface area contributed by atoms with Crippen LogP contribution in [0.4, 0.5) is 25.8 Å². The molecule has 0 spiro atoms. The molecule has 3 aromatic carbocycles. The Morgan fingerprint density at radius 3 is 1.68 bits per heavy atom. The average molecular weight is 515 g/mol. The number of rotatable bonds is 1. The summed E-state index contributed by atoms with van der Waals surface area (Å²) >= 11 is 0. The monoisotopic (exact) mass is 515 g/mol. The van der Waals surface area contributed by atoms with Gasteiger partial charge in [-0.3, -0.25) is 19.7 Å². The smallest absolute Gasteiger partial charge is 0.273 e. The van der Waals surface area contributed by atoms with E-state index in [9.17, 15) is 28.5 Å². The third-order valence-electron chi connectivity index (χ3n) is 4.89. The first-order valence-corrected chi connectivity index (χ1v) is 10.8. The van der Waals surface area contributed by atoms with Gasteiger partial charge in [-0.05, 0) is 30.3 Å². The number of carbonyl (C=O) groups excluding carboxylic acids is 2. The molecule has 3 aromatic rings. The van der Waals surface area contributed by atoms with Gasteiger partial charge in [-0.2, -0.15) is 0 Å². The van der Waals surface area contributed by atoms with Crippen LogP contribution >= 0.6 is 0 Å². The van der Waals surface area contributed by atoms with Gasteiger partial charge in [-0.25, -0.2) is 8.78 Å². The Bertz CT molecular complexity index is 1350. The van der Waals surface area contributed by atoms with Crippen LogP contribution < -0.4 is 29.6 Å². The Morgan fingerprint density at radius 1 is 0.676 bits per heavy atom. The number of benzene rings is 3. The van der Waals surface area contributed by atoms with Gasteiger partial charge in [0.1, 0.15) is 36.3 Å². The normalized spacial score (nSPS) is 14.3. The van der Waals surface area contributed by atoms with E-state index in [1.165, 1.54) is 18.2 Å². The zero-order valence-corrected chi connectivity index (χ0v) is 19.0. The lowest BCUT2D eigenvalue weighted by molar-refractivity contribution is -0.385. The minimum atomic E-state index is -0.723. The van der Waals surface area contributed by atoms with Gasteiger partial charge in [0.05, 0.1) is 22.4 Å². The maximum Gasteiger partial charge on any atom is 0.273 e. The number of nitrogens with one attached hydrogen (secondary N) is 2. The van der Waals surface area contributed by atoms with Crippen LogP contribution in [0.2, 0.25) is 0 Å². The van der Waals surface area contributed by atoms with Crippen LogP contribution in [0, 0.1) is 21.7 Å². The van der Waals surface area contributed by atoms with E-state index in [1.54, 1.807) is 0 Å². The van der Waals surface area contributed by atoms with Crippen molar-refractivity contribution in [3.05, 3.63) is 76.3 Å². The third kappa shape index (κ3) is 6.60. The first kappa shape index (κ1) is 25.2. The van der Waals surface area contributed by atoms with E-state index < -0.39 is 41.6 Å². The highest BCUT2D eigenvalue weighted by molar-refractivity contribution is 5.94. The highest BCUT2D eigenvalue weighted by Gasteiger charge is 2.18. The maximum absolute atomic E-state index is 13.8. The number of nitrogens with zero attached hydrogens (tertiary/aromatic N) is 1. The Balaban J connectivity index is 1.65. The van der Waals surface area contributed by atoms with Crippen LogP contribution in [-0.4, -0.2) is 43.2 Å². The number of halogens is 2. The second-order valence-electron chi connectivity index (χ2n) is 7.54. The number of non-ortho nitro benzene ring substituents is 1. The number of nitro groups is 1. The predicted molar refractivity (Wildman–Crippen MR) is 125 cm³/mol. The molecular weight excluding hydrogens is 496 g/mol. The highest BCUT2D eigenvalue weighted by atomic mass is 19.1. The Kier molecular flexibility index (Phi) is 7.62. The lowest BCUT2D eigenvalue weighted by Crippen LogP contribution is -2.23. The molecule has 0 unspecified atom stereocenters. The van der Waals surface area contributed by atoms with Crippen molar-refractivity contribution in [3.8, 4) is 23.0 Å². The van der Waals surface area contributed by atoms with Gasteiger partial charge in [0.2, 0.25) is 0 Å². The SMILES string of the molecule is O=C1COc2ccc([N+](=O)[O-])cc2OCC(=O)Nc2cc(F)ccc2OCCOc2ccc(F)cc2N1. The number of nitro benzene ring substituents is 1. The number of amides is 2. The Morgan fingerprint density at radius 2 is 1.16 bits per heavy atom. The summed E-state index contributed by atoms with van der Waals surface area (Å²) in [7, 11) is 0.